The van der Waals surface area contributed by atoms with Crippen LogP contribution in [0.25, 0.3) is 10.9 Å². The van der Waals surface area contributed by atoms with Gasteiger partial charge in [0.25, 0.3) is 0 Å². The van der Waals surface area contributed by atoms with Gasteiger partial charge >= 0.3 is 0 Å². The molecule has 174 valence electrons. The average Bonchev–Trinajstić information content (AvgIpc) is 3.29. The Morgan fingerprint density at radius 3 is 2.20 bits per heavy atom. The first-order valence-corrected chi connectivity index (χ1v) is 12.5. The molecule has 3 aromatic carbocycles. The number of carbonyl (C=O) groups is 2. The third kappa shape index (κ3) is 2.85. The number of piperidine rings is 2. The molecule has 2 fully saturated rings. The van der Waals surface area contributed by atoms with Crippen LogP contribution >= 0.6 is 0 Å². The lowest BCUT2D eigenvalue weighted by atomic mass is 9.56. The van der Waals surface area contributed by atoms with Gasteiger partial charge in [-0.25, -0.2) is 0 Å². The van der Waals surface area contributed by atoms with Gasteiger partial charge < -0.3 is 4.98 Å². The van der Waals surface area contributed by atoms with E-state index >= 15 is 0 Å². The molecule has 4 aromatic rings. The molecular formula is C30H27N3O2. The summed E-state index contributed by atoms with van der Waals surface area (Å²) in [5, 5.41) is 4.08. The molecule has 0 aliphatic carbocycles. The van der Waals surface area contributed by atoms with Crippen LogP contribution < -0.4 is 5.32 Å². The van der Waals surface area contributed by atoms with Crippen molar-refractivity contribution in [3.63, 3.8) is 0 Å². The summed E-state index contributed by atoms with van der Waals surface area (Å²) in [5.74, 6) is -0.742. The number of amides is 2. The van der Waals surface area contributed by atoms with E-state index in [-0.39, 0.29) is 29.7 Å². The van der Waals surface area contributed by atoms with Crippen molar-refractivity contribution >= 4 is 22.7 Å². The number of nitrogens with one attached hydrogen (secondary N) is 2. The van der Waals surface area contributed by atoms with Crippen molar-refractivity contribution in [2.24, 2.45) is 11.8 Å². The molecule has 4 heterocycles. The van der Waals surface area contributed by atoms with E-state index in [9.17, 15) is 9.59 Å². The van der Waals surface area contributed by atoms with Gasteiger partial charge in [0.05, 0.1) is 12.0 Å². The normalized spacial score (nSPS) is 25.4. The van der Waals surface area contributed by atoms with Gasteiger partial charge in [-0.2, -0.15) is 0 Å². The number of carbonyl (C=O) groups excluding carboxylic acids is 2. The number of nitrogens with zero attached hydrogens (tertiary/aromatic N) is 1. The van der Waals surface area contributed by atoms with Crippen molar-refractivity contribution in [2.45, 2.75) is 24.3 Å². The Morgan fingerprint density at radius 2 is 1.49 bits per heavy atom. The lowest BCUT2D eigenvalue weighted by molar-refractivity contribution is -0.148. The van der Waals surface area contributed by atoms with Crippen molar-refractivity contribution < 1.29 is 9.59 Å². The van der Waals surface area contributed by atoms with Crippen molar-refractivity contribution in [3.8, 4) is 0 Å². The molecule has 0 bridgehead atoms. The highest BCUT2D eigenvalue weighted by atomic mass is 16.2. The standard InChI is InChI=1S/C30H27N3O2/c34-28-23-18-33-16-15-22-21-13-7-8-14-25(21)31-27(22)26(33)17-24(23)30(29(35)32-28,19-9-3-1-4-10-19)20-11-5-2-6-12-20/h1-14,23-24,26,31H,15-18H2,(H,32,34,35)/t23-,24+,26+/m0/s1. The number of aromatic amines is 1. The van der Waals surface area contributed by atoms with Crippen LogP contribution in [-0.4, -0.2) is 34.8 Å². The van der Waals surface area contributed by atoms with Crippen molar-refractivity contribution in [3.05, 3.63) is 107 Å². The van der Waals surface area contributed by atoms with Crippen LogP contribution in [0.15, 0.2) is 84.9 Å². The minimum atomic E-state index is -0.920. The summed E-state index contributed by atoms with van der Waals surface area (Å²) in [6, 6.07) is 28.7. The van der Waals surface area contributed by atoms with Gasteiger partial charge in [0.15, 0.2) is 0 Å². The number of rotatable bonds is 2. The number of aromatic nitrogens is 1. The summed E-state index contributed by atoms with van der Waals surface area (Å²) in [5.41, 5.74) is 4.79. The van der Waals surface area contributed by atoms with Crippen molar-refractivity contribution in [1.82, 2.24) is 15.2 Å². The maximum absolute atomic E-state index is 14.0. The van der Waals surface area contributed by atoms with Crippen LogP contribution in [-0.2, 0) is 21.4 Å². The number of hydrogen-bond donors (Lipinski definition) is 2. The topological polar surface area (TPSA) is 65.2 Å². The number of para-hydroxylation sites is 1. The van der Waals surface area contributed by atoms with Gasteiger partial charge in [-0.15, -0.1) is 0 Å². The molecule has 7 rings (SSSR count). The Bertz CT molecular complexity index is 1400. The Morgan fingerprint density at radius 1 is 0.829 bits per heavy atom. The second-order valence-corrected chi connectivity index (χ2v) is 10.1. The second kappa shape index (κ2) is 7.65. The molecule has 3 aliphatic rings. The first kappa shape index (κ1) is 20.7. The molecule has 3 atom stereocenters. The molecule has 3 aliphatic heterocycles. The smallest absolute Gasteiger partial charge is 0.241 e. The van der Waals surface area contributed by atoms with Gasteiger partial charge in [-0.3, -0.25) is 19.8 Å². The summed E-state index contributed by atoms with van der Waals surface area (Å²) < 4.78 is 0. The molecule has 2 N–H and O–H groups in total. The minimum absolute atomic E-state index is 0.136. The summed E-state index contributed by atoms with van der Waals surface area (Å²) in [4.78, 5) is 33.4. The number of imide groups is 1. The van der Waals surface area contributed by atoms with Gasteiger partial charge in [-0.1, -0.05) is 78.9 Å². The van der Waals surface area contributed by atoms with Crippen molar-refractivity contribution in [1.29, 1.82) is 0 Å². The maximum Gasteiger partial charge on any atom is 0.241 e. The summed E-state index contributed by atoms with van der Waals surface area (Å²) in [6.07, 6.45) is 1.71. The first-order valence-electron chi connectivity index (χ1n) is 12.5. The summed E-state index contributed by atoms with van der Waals surface area (Å²) in [7, 11) is 0. The zero-order valence-electron chi connectivity index (χ0n) is 19.4. The predicted octanol–water partition coefficient (Wildman–Crippen LogP) is 4.35. The van der Waals surface area contributed by atoms with Crippen LogP contribution in [0.3, 0.4) is 0 Å². The lowest BCUT2D eigenvalue weighted by Gasteiger charge is -2.54. The Labute approximate surface area is 204 Å². The highest BCUT2D eigenvalue weighted by Gasteiger charge is 2.60. The van der Waals surface area contributed by atoms with Crippen molar-refractivity contribution in [2.75, 3.05) is 13.1 Å². The Balaban J connectivity index is 1.43. The fourth-order valence-electron chi connectivity index (χ4n) is 7.11. The monoisotopic (exact) mass is 461 g/mol. The van der Waals surface area contributed by atoms with E-state index < -0.39 is 5.41 Å². The molecule has 0 spiro atoms. The molecule has 1 aromatic heterocycles. The SMILES string of the molecule is O=C1NC(=O)C(c2ccccc2)(c2ccccc2)[C@@H]2C[C@@H]3c4[nH]c5ccccc5c4CCN3C[C@H]12. The van der Waals surface area contributed by atoms with Crippen LogP contribution in [0.1, 0.15) is 34.8 Å². The van der Waals surface area contributed by atoms with Gasteiger partial charge in [-0.05, 0) is 41.5 Å². The van der Waals surface area contributed by atoms with Crippen LogP contribution in [0.2, 0.25) is 0 Å². The van der Waals surface area contributed by atoms with E-state index in [4.69, 9.17) is 0 Å². The zero-order chi connectivity index (χ0) is 23.6. The molecular weight excluding hydrogens is 434 g/mol. The van der Waals surface area contributed by atoms with Crippen LogP contribution in [0.4, 0.5) is 0 Å². The zero-order valence-corrected chi connectivity index (χ0v) is 19.4. The molecule has 2 amide bonds. The number of H-pyrrole nitrogens is 1. The van der Waals surface area contributed by atoms with E-state index in [1.54, 1.807) is 0 Å². The maximum atomic E-state index is 14.0. The first-order chi connectivity index (χ1) is 17.2. The average molecular weight is 462 g/mol. The van der Waals surface area contributed by atoms with E-state index in [1.807, 2.05) is 60.7 Å². The van der Waals surface area contributed by atoms with Gasteiger partial charge in [0.1, 0.15) is 5.41 Å². The van der Waals surface area contributed by atoms with Gasteiger partial charge in [0.2, 0.25) is 11.8 Å². The number of benzene rings is 3. The van der Waals surface area contributed by atoms with Gasteiger partial charge in [0, 0.05) is 29.7 Å². The van der Waals surface area contributed by atoms with Crippen LogP contribution in [0.5, 0.6) is 0 Å². The second-order valence-electron chi connectivity index (χ2n) is 10.1. The molecule has 2 saturated heterocycles. The van der Waals surface area contributed by atoms with E-state index in [0.29, 0.717) is 6.54 Å². The Kier molecular flexibility index (Phi) is 4.52. The fraction of sp³-hybridized carbons (Fsp3) is 0.267. The molecule has 35 heavy (non-hydrogen) atoms. The predicted molar refractivity (Wildman–Crippen MR) is 135 cm³/mol. The third-order valence-corrected chi connectivity index (χ3v) is 8.61. The molecule has 5 heteroatoms. The Hall–Kier alpha value is -3.70. The van der Waals surface area contributed by atoms with E-state index in [1.165, 1.54) is 16.6 Å². The molecule has 0 unspecified atom stereocenters. The molecule has 5 nitrogen and oxygen atoms in total. The molecule has 0 radical (unpaired) electrons. The lowest BCUT2D eigenvalue weighted by Crippen LogP contribution is -2.66. The number of fused-ring (bicyclic) bond motifs is 6. The summed E-state index contributed by atoms with van der Waals surface area (Å²) >= 11 is 0. The highest BCUT2D eigenvalue weighted by Crippen LogP contribution is 2.53. The quantitative estimate of drug-likeness (QED) is 0.437. The molecule has 0 saturated carbocycles. The third-order valence-electron chi connectivity index (χ3n) is 8.61. The highest BCUT2D eigenvalue weighted by molar-refractivity contribution is 6.07. The fourth-order valence-corrected chi connectivity index (χ4v) is 7.11. The van der Waals surface area contributed by atoms with E-state index in [2.05, 4.69) is 39.5 Å². The summed E-state index contributed by atoms with van der Waals surface area (Å²) in [6.45, 7) is 1.58. The van der Waals surface area contributed by atoms with Crippen LogP contribution in [0, 0.1) is 11.8 Å². The minimum Gasteiger partial charge on any atom is -0.357 e. The largest absolute Gasteiger partial charge is 0.357 e. The number of hydrogen-bond acceptors (Lipinski definition) is 3. The van der Waals surface area contributed by atoms with E-state index in [0.717, 1.165) is 36.0 Å².